The van der Waals surface area contributed by atoms with E-state index in [2.05, 4.69) is 46.2 Å². The molecule has 128 valence electrons. The highest BCUT2D eigenvalue weighted by Gasteiger charge is 2.19. The Kier molecular flexibility index (Phi) is 5.59. The Morgan fingerprint density at radius 2 is 1.75 bits per heavy atom. The fourth-order valence-electron chi connectivity index (χ4n) is 3.17. The Morgan fingerprint density at radius 3 is 2.50 bits per heavy atom. The molecule has 0 N–H and O–H groups in total. The zero-order chi connectivity index (χ0) is 16.8. The monoisotopic (exact) mass is 326 g/mol. The van der Waals surface area contributed by atoms with Crippen molar-refractivity contribution >= 4 is 5.69 Å². The first-order chi connectivity index (χ1) is 11.8. The molecular formula is C20H26N2O2. The number of ether oxygens (including phenoxy) is 2. The van der Waals surface area contributed by atoms with Gasteiger partial charge < -0.3 is 14.4 Å². The molecule has 1 fully saturated rings. The average molecular weight is 326 g/mol. The van der Waals surface area contributed by atoms with Gasteiger partial charge in [0.1, 0.15) is 11.5 Å². The number of anilines is 1. The Hall–Kier alpha value is -2.20. The number of nitrogens with zero attached hydrogens (tertiary/aromatic N) is 2. The van der Waals surface area contributed by atoms with Crippen molar-refractivity contribution < 1.29 is 9.47 Å². The maximum atomic E-state index is 5.77. The summed E-state index contributed by atoms with van der Waals surface area (Å²) in [5.74, 6) is 1.91. The van der Waals surface area contributed by atoms with Gasteiger partial charge in [-0.1, -0.05) is 24.3 Å². The van der Waals surface area contributed by atoms with Gasteiger partial charge in [-0.25, -0.2) is 0 Å². The van der Waals surface area contributed by atoms with Gasteiger partial charge in [0.2, 0.25) is 0 Å². The number of benzene rings is 2. The zero-order valence-corrected chi connectivity index (χ0v) is 14.6. The van der Waals surface area contributed by atoms with Crippen LogP contribution in [0.1, 0.15) is 12.5 Å². The fraction of sp³-hybridized carbons (Fsp3) is 0.400. The van der Waals surface area contributed by atoms with Crippen LogP contribution in [0, 0.1) is 0 Å². The fourth-order valence-corrected chi connectivity index (χ4v) is 3.17. The van der Waals surface area contributed by atoms with Crippen molar-refractivity contribution in [3.8, 4) is 11.5 Å². The van der Waals surface area contributed by atoms with Crippen LogP contribution in [0.15, 0.2) is 48.5 Å². The van der Waals surface area contributed by atoms with E-state index >= 15 is 0 Å². The second kappa shape index (κ2) is 8.06. The number of methoxy groups -OCH3 is 1. The lowest BCUT2D eigenvalue weighted by Gasteiger charge is -2.36. The second-order valence-electron chi connectivity index (χ2n) is 6.02. The summed E-state index contributed by atoms with van der Waals surface area (Å²) in [5, 5.41) is 0. The highest BCUT2D eigenvalue weighted by Crippen LogP contribution is 2.29. The number of hydrogen-bond acceptors (Lipinski definition) is 4. The molecule has 24 heavy (non-hydrogen) atoms. The molecule has 0 spiro atoms. The maximum Gasteiger partial charge on any atom is 0.142 e. The smallest absolute Gasteiger partial charge is 0.142 e. The van der Waals surface area contributed by atoms with E-state index in [-0.39, 0.29) is 0 Å². The standard InChI is InChI=1S/C20H26N2O2/c1-3-24-20-10-5-4-9-19(20)22-13-11-21(12-14-22)16-17-7-6-8-18(15-17)23-2/h4-10,15H,3,11-14,16H2,1-2H3. The molecule has 0 unspecified atom stereocenters. The van der Waals surface area contributed by atoms with Crippen molar-refractivity contribution in [3.05, 3.63) is 54.1 Å². The Balaban J connectivity index is 1.59. The third-order valence-electron chi connectivity index (χ3n) is 4.42. The zero-order valence-electron chi connectivity index (χ0n) is 14.6. The van der Waals surface area contributed by atoms with E-state index in [0.717, 1.165) is 44.2 Å². The van der Waals surface area contributed by atoms with Gasteiger partial charge >= 0.3 is 0 Å². The molecule has 0 aliphatic carbocycles. The van der Waals surface area contributed by atoms with Crippen LogP contribution >= 0.6 is 0 Å². The topological polar surface area (TPSA) is 24.9 Å². The summed E-state index contributed by atoms with van der Waals surface area (Å²) in [4.78, 5) is 4.92. The van der Waals surface area contributed by atoms with Gasteiger partial charge in [-0.2, -0.15) is 0 Å². The lowest BCUT2D eigenvalue weighted by molar-refractivity contribution is 0.248. The van der Waals surface area contributed by atoms with Gasteiger partial charge in [0, 0.05) is 32.7 Å². The molecule has 1 aliphatic heterocycles. The first kappa shape index (κ1) is 16.7. The molecule has 1 heterocycles. The molecule has 0 radical (unpaired) electrons. The van der Waals surface area contributed by atoms with E-state index < -0.39 is 0 Å². The molecule has 0 amide bonds. The summed E-state index contributed by atoms with van der Waals surface area (Å²) < 4.78 is 11.1. The minimum atomic E-state index is 0.701. The highest BCUT2D eigenvalue weighted by molar-refractivity contribution is 5.58. The van der Waals surface area contributed by atoms with Crippen molar-refractivity contribution in [2.75, 3.05) is 44.8 Å². The van der Waals surface area contributed by atoms with Crippen LogP contribution in [0.25, 0.3) is 0 Å². The van der Waals surface area contributed by atoms with Crippen molar-refractivity contribution in [2.24, 2.45) is 0 Å². The van der Waals surface area contributed by atoms with E-state index in [1.807, 2.05) is 19.1 Å². The number of piperazine rings is 1. The van der Waals surface area contributed by atoms with E-state index in [9.17, 15) is 0 Å². The molecule has 1 saturated heterocycles. The van der Waals surface area contributed by atoms with Crippen molar-refractivity contribution in [3.63, 3.8) is 0 Å². The Morgan fingerprint density at radius 1 is 0.958 bits per heavy atom. The summed E-state index contributed by atoms with van der Waals surface area (Å²) in [7, 11) is 1.72. The van der Waals surface area contributed by atoms with E-state index in [1.165, 1.54) is 11.3 Å². The van der Waals surface area contributed by atoms with Gasteiger partial charge in [0.05, 0.1) is 19.4 Å². The molecular weight excluding hydrogens is 300 g/mol. The largest absolute Gasteiger partial charge is 0.497 e. The minimum absolute atomic E-state index is 0.701. The van der Waals surface area contributed by atoms with Crippen LogP contribution in [-0.2, 0) is 6.54 Å². The van der Waals surface area contributed by atoms with Gasteiger partial charge in [-0.15, -0.1) is 0 Å². The van der Waals surface area contributed by atoms with E-state index in [0.29, 0.717) is 6.61 Å². The van der Waals surface area contributed by atoms with E-state index in [4.69, 9.17) is 9.47 Å². The average Bonchev–Trinajstić information content (AvgIpc) is 2.63. The third-order valence-corrected chi connectivity index (χ3v) is 4.42. The highest BCUT2D eigenvalue weighted by atomic mass is 16.5. The van der Waals surface area contributed by atoms with Crippen molar-refractivity contribution in [2.45, 2.75) is 13.5 Å². The maximum absolute atomic E-state index is 5.77. The van der Waals surface area contributed by atoms with Gasteiger partial charge in [-0.05, 0) is 36.8 Å². The number of hydrogen-bond donors (Lipinski definition) is 0. The lowest BCUT2D eigenvalue weighted by atomic mass is 10.1. The van der Waals surface area contributed by atoms with Gasteiger partial charge in [-0.3, -0.25) is 4.90 Å². The molecule has 2 aromatic carbocycles. The summed E-state index contributed by atoms with van der Waals surface area (Å²) in [6, 6.07) is 16.7. The summed E-state index contributed by atoms with van der Waals surface area (Å²) in [5.41, 5.74) is 2.51. The van der Waals surface area contributed by atoms with E-state index in [1.54, 1.807) is 7.11 Å². The van der Waals surface area contributed by atoms with Gasteiger partial charge in [0.25, 0.3) is 0 Å². The number of rotatable bonds is 6. The molecule has 0 aromatic heterocycles. The summed E-state index contributed by atoms with van der Waals surface area (Å²) in [6.07, 6.45) is 0. The van der Waals surface area contributed by atoms with Gasteiger partial charge in [0.15, 0.2) is 0 Å². The predicted molar refractivity (Wildman–Crippen MR) is 98.1 cm³/mol. The van der Waals surface area contributed by atoms with Crippen LogP contribution < -0.4 is 14.4 Å². The summed E-state index contributed by atoms with van der Waals surface area (Å²) in [6.45, 7) is 7.85. The lowest BCUT2D eigenvalue weighted by Crippen LogP contribution is -2.46. The summed E-state index contributed by atoms with van der Waals surface area (Å²) >= 11 is 0. The number of para-hydroxylation sites is 2. The van der Waals surface area contributed by atoms with Crippen molar-refractivity contribution in [1.29, 1.82) is 0 Å². The Bertz CT molecular complexity index is 652. The molecule has 0 saturated carbocycles. The second-order valence-corrected chi connectivity index (χ2v) is 6.02. The quantitative estimate of drug-likeness (QED) is 0.812. The molecule has 4 nitrogen and oxygen atoms in total. The molecule has 3 rings (SSSR count). The van der Waals surface area contributed by atoms with Crippen LogP contribution in [-0.4, -0.2) is 44.8 Å². The first-order valence-corrected chi connectivity index (χ1v) is 8.62. The van der Waals surface area contributed by atoms with Crippen LogP contribution in [0.2, 0.25) is 0 Å². The molecule has 4 heteroatoms. The predicted octanol–water partition coefficient (Wildman–Crippen LogP) is 3.42. The van der Waals surface area contributed by atoms with Crippen molar-refractivity contribution in [1.82, 2.24) is 4.90 Å². The molecule has 1 aliphatic rings. The van der Waals surface area contributed by atoms with Crippen LogP contribution in [0.4, 0.5) is 5.69 Å². The Labute approximate surface area is 144 Å². The molecule has 2 aromatic rings. The van der Waals surface area contributed by atoms with Crippen LogP contribution in [0.5, 0.6) is 11.5 Å². The normalized spacial score (nSPS) is 15.3. The first-order valence-electron chi connectivity index (χ1n) is 8.62. The SMILES string of the molecule is CCOc1ccccc1N1CCN(Cc2cccc(OC)c2)CC1. The molecule has 0 bridgehead atoms. The van der Waals surface area contributed by atoms with Crippen LogP contribution in [0.3, 0.4) is 0 Å². The third kappa shape index (κ3) is 4.01. The minimum Gasteiger partial charge on any atom is -0.497 e. The molecule has 0 atom stereocenters.